The van der Waals surface area contributed by atoms with Gasteiger partial charge in [-0.05, 0) is 0 Å². The number of rotatable bonds is 2. The molecule has 0 aromatic carbocycles. The lowest BCUT2D eigenvalue weighted by atomic mass is 11.0. The summed E-state index contributed by atoms with van der Waals surface area (Å²) in [6.45, 7) is 2.17. The molecule has 1 atom stereocenters. The normalized spacial score (nSPS) is 11.9. The van der Waals surface area contributed by atoms with Crippen molar-refractivity contribution in [3.63, 3.8) is 0 Å². The van der Waals surface area contributed by atoms with Crippen LogP contribution in [0.2, 0.25) is 0 Å². The summed E-state index contributed by atoms with van der Waals surface area (Å²) >= 11 is 0. The molecule has 0 aliphatic rings. The minimum atomic E-state index is -1.74. The Morgan fingerprint density at radius 3 is 1.71 bits per heavy atom. The summed E-state index contributed by atoms with van der Waals surface area (Å²) in [6, 6.07) is 0. The van der Waals surface area contributed by atoms with E-state index in [1.807, 2.05) is 13.8 Å². The first-order valence-corrected chi connectivity index (χ1v) is 6.18. The van der Waals surface area contributed by atoms with E-state index in [4.69, 9.17) is 0 Å². The van der Waals surface area contributed by atoms with Crippen LogP contribution >= 0.6 is 15.8 Å². The highest BCUT2D eigenvalue weighted by molar-refractivity contribution is 8.17. The standard InChI is InChI=1S/C4H12OP2/c1-3-7(5,6)4-2/h3-4,6H2,1-2H3. The smallest absolute Gasteiger partial charge is 0.101 e. The van der Waals surface area contributed by atoms with Crippen molar-refractivity contribution in [2.24, 2.45) is 0 Å². The van der Waals surface area contributed by atoms with Crippen LogP contribution in [0.3, 0.4) is 0 Å². The van der Waals surface area contributed by atoms with Gasteiger partial charge in [0.25, 0.3) is 0 Å². The fourth-order valence-electron chi connectivity index (χ4n) is 0.224. The van der Waals surface area contributed by atoms with Crippen molar-refractivity contribution in [1.82, 2.24) is 0 Å². The molecule has 0 fully saturated rings. The van der Waals surface area contributed by atoms with Gasteiger partial charge in [0.1, 0.15) is 6.83 Å². The van der Waals surface area contributed by atoms with E-state index in [-0.39, 0.29) is 0 Å². The van der Waals surface area contributed by atoms with Crippen LogP contribution in [0.25, 0.3) is 0 Å². The zero-order chi connectivity index (χ0) is 5.91. The third kappa shape index (κ3) is 3.26. The highest BCUT2D eigenvalue weighted by Gasteiger charge is 2.05. The van der Waals surface area contributed by atoms with E-state index >= 15 is 0 Å². The molecule has 1 nitrogen and oxygen atoms in total. The molecule has 0 amide bonds. The van der Waals surface area contributed by atoms with Crippen molar-refractivity contribution in [2.75, 3.05) is 12.3 Å². The molecule has 0 N–H and O–H groups in total. The molecule has 0 saturated heterocycles. The maximum atomic E-state index is 10.9. The van der Waals surface area contributed by atoms with Crippen molar-refractivity contribution in [3.8, 4) is 0 Å². The molecule has 0 aromatic heterocycles. The Morgan fingerprint density at radius 1 is 1.43 bits per heavy atom. The summed E-state index contributed by atoms with van der Waals surface area (Å²) in [5.41, 5.74) is 0. The summed E-state index contributed by atoms with van der Waals surface area (Å²) < 4.78 is 10.9. The van der Waals surface area contributed by atoms with E-state index in [1.165, 1.54) is 0 Å². The predicted octanol–water partition coefficient (Wildman–Crippen LogP) is 2.18. The molecular formula is C4H12OP2. The maximum Gasteiger partial charge on any atom is 0.101 e. The van der Waals surface area contributed by atoms with Crippen LogP contribution in [0.1, 0.15) is 13.8 Å². The van der Waals surface area contributed by atoms with Crippen molar-refractivity contribution in [3.05, 3.63) is 0 Å². The van der Waals surface area contributed by atoms with E-state index in [9.17, 15) is 4.57 Å². The van der Waals surface area contributed by atoms with Gasteiger partial charge in [-0.15, -0.1) is 0 Å². The van der Waals surface area contributed by atoms with E-state index in [2.05, 4.69) is 8.93 Å². The topological polar surface area (TPSA) is 17.1 Å². The van der Waals surface area contributed by atoms with Crippen molar-refractivity contribution < 1.29 is 4.57 Å². The highest BCUT2D eigenvalue weighted by Crippen LogP contribution is 2.52. The van der Waals surface area contributed by atoms with Crippen LogP contribution in [-0.2, 0) is 4.57 Å². The molecular weight excluding hydrogens is 126 g/mol. The lowest BCUT2D eigenvalue weighted by molar-refractivity contribution is 0.586. The molecule has 3 heteroatoms. The Labute approximate surface area is 47.3 Å². The van der Waals surface area contributed by atoms with Crippen LogP contribution in [-0.4, -0.2) is 12.3 Å². The first kappa shape index (κ1) is 7.66. The molecule has 0 rings (SSSR count). The van der Waals surface area contributed by atoms with Gasteiger partial charge in [-0.3, -0.25) is 0 Å². The van der Waals surface area contributed by atoms with Crippen LogP contribution in [0.15, 0.2) is 0 Å². The molecule has 7 heavy (non-hydrogen) atoms. The van der Waals surface area contributed by atoms with E-state index in [0.29, 0.717) is 0 Å². The van der Waals surface area contributed by atoms with Gasteiger partial charge in [-0.2, -0.15) is 0 Å². The monoisotopic (exact) mass is 138 g/mol. The fraction of sp³-hybridized carbons (Fsp3) is 1.00. The molecule has 0 aliphatic heterocycles. The van der Waals surface area contributed by atoms with Crippen LogP contribution in [0, 0.1) is 0 Å². The Balaban J connectivity index is 3.61. The molecule has 0 radical (unpaired) electrons. The molecule has 0 saturated carbocycles. The Morgan fingerprint density at radius 2 is 1.71 bits per heavy atom. The average Bonchev–Trinajstić information content (AvgIpc) is 1.68. The second-order valence-corrected chi connectivity index (χ2v) is 7.58. The van der Waals surface area contributed by atoms with Gasteiger partial charge in [0, 0.05) is 12.3 Å². The van der Waals surface area contributed by atoms with Gasteiger partial charge in [0.2, 0.25) is 0 Å². The third-order valence-electron chi connectivity index (χ3n) is 1.07. The van der Waals surface area contributed by atoms with Crippen LogP contribution < -0.4 is 0 Å². The van der Waals surface area contributed by atoms with Gasteiger partial charge in [-0.25, -0.2) is 0 Å². The van der Waals surface area contributed by atoms with E-state index in [1.54, 1.807) is 0 Å². The zero-order valence-electron chi connectivity index (χ0n) is 4.85. The summed E-state index contributed by atoms with van der Waals surface area (Å²) in [5, 5.41) is 0. The first-order valence-electron chi connectivity index (χ1n) is 2.49. The Bertz CT molecular complexity index is 81.7. The minimum Gasteiger partial charge on any atom is -0.320 e. The van der Waals surface area contributed by atoms with Crippen molar-refractivity contribution in [1.29, 1.82) is 0 Å². The zero-order valence-corrected chi connectivity index (χ0v) is 6.90. The van der Waals surface area contributed by atoms with Crippen molar-refractivity contribution >= 4 is 15.8 Å². The summed E-state index contributed by atoms with van der Waals surface area (Å²) in [7, 11) is 2.42. The predicted molar refractivity (Wildman–Crippen MR) is 38.4 cm³/mol. The molecule has 0 aliphatic carbocycles. The minimum absolute atomic E-state index is 0.814. The van der Waals surface area contributed by atoms with Gasteiger partial charge in [0.05, 0.1) is 0 Å². The van der Waals surface area contributed by atoms with Crippen LogP contribution in [0.5, 0.6) is 0 Å². The van der Waals surface area contributed by atoms with Gasteiger partial charge in [0.15, 0.2) is 0 Å². The van der Waals surface area contributed by atoms with Crippen LogP contribution in [0.4, 0.5) is 0 Å². The van der Waals surface area contributed by atoms with E-state index in [0.717, 1.165) is 12.3 Å². The Kier molecular flexibility index (Phi) is 3.11. The highest BCUT2D eigenvalue weighted by atomic mass is 32.0. The largest absolute Gasteiger partial charge is 0.320 e. The summed E-state index contributed by atoms with van der Waals surface area (Å²) in [6.07, 6.45) is 1.63. The molecule has 0 heterocycles. The average molecular weight is 138 g/mol. The molecule has 0 spiro atoms. The molecule has 0 aromatic rings. The molecule has 44 valence electrons. The lowest BCUT2D eigenvalue weighted by Gasteiger charge is -2.02. The second-order valence-electron chi connectivity index (χ2n) is 1.58. The number of hydrogen-bond donors (Lipinski definition) is 0. The molecule has 0 bridgehead atoms. The maximum absolute atomic E-state index is 10.9. The van der Waals surface area contributed by atoms with E-state index < -0.39 is 6.83 Å². The van der Waals surface area contributed by atoms with Gasteiger partial charge >= 0.3 is 0 Å². The SMILES string of the molecule is CCP(=O)(P)CC. The van der Waals surface area contributed by atoms with Crippen molar-refractivity contribution in [2.45, 2.75) is 13.8 Å². The quantitative estimate of drug-likeness (QED) is 0.534. The second kappa shape index (κ2) is 2.84. The lowest BCUT2D eigenvalue weighted by Crippen LogP contribution is -1.76. The fourth-order valence-corrected chi connectivity index (χ4v) is 0.671. The Hall–Kier alpha value is 0.660. The third-order valence-corrected chi connectivity index (χ3v) is 5.40. The molecule has 1 unspecified atom stereocenters. The summed E-state index contributed by atoms with van der Waals surface area (Å²) in [4.78, 5) is 0. The van der Waals surface area contributed by atoms with Gasteiger partial charge in [-0.1, -0.05) is 22.8 Å². The summed E-state index contributed by atoms with van der Waals surface area (Å²) in [5.74, 6) is 0. The number of hydrogen-bond acceptors (Lipinski definition) is 1. The van der Waals surface area contributed by atoms with Gasteiger partial charge < -0.3 is 4.57 Å². The first-order chi connectivity index (χ1) is 3.12.